The molecular weight excluding hydrogens is 366 g/mol. The summed E-state index contributed by atoms with van der Waals surface area (Å²) in [6, 6.07) is 12.4. The van der Waals surface area contributed by atoms with Crippen LogP contribution in [0.1, 0.15) is 16.7 Å². The normalized spacial score (nSPS) is 16.4. The van der Waals surface area contributed by atoms with E-state index in [0.29, 0.717) is 26.2 Å². The standard InChI is InChI=1S/C19H23N3O4S/c1-15-6-3-4-7-17(15)14-20-10-12-21(13-11-20)27(25,26)19-9-5-8-18(16(19)2)22(23)24/h3-9H,10-14H2,1-2H3. The molecule has 1 heterocycles. The highest BCUT2D eigenvalue weighted by Gasteiger charge is 2.31. The van der Waals surface area contributed by atoms with Gasteiger partial charge in [-0.1, -0.05) is 30.3 Å². The van der Waals surface area contributed by atoms with E-state index in [4.69, 9.17) is 0 Å². The fourth-order valence-corrected chi connectivity index (χ4v) is 5.04. The Morgan fingerprint density at radius 1 is 1.00 bits per heavy atom. The maximum absolute atomic E-state index is 13.0. The lowest BCUT2D eigenvalue weighted by atomic mass is 10.1. The minimum absolute atomic E-state index is 0.0176. The minimum atomic E-state index is -3.75. The molecular formula is C19H23N3O4S. The van der Waals surface area contributed by atoms with Gasteiger partial charge in [-0.25, -0.2) is 8.42 Å². The zero-order valence-corrected chi connectivity index (χ0v) is 16.3. The molecule has 2 aromatic carbocycles. The van der Waals surface area contributed by atoms with Crippen molar-refractivity contribution in [1.82, 2.24) is 9.21 Å². The maximum atomic E-state index is 13.0. The van der Waals surface area contributed by atoms with E-state index in [1.807, 2.05) is 12.1 Å². The fourth-order valence-electron chi connectivity index (χ4n) is 3.38. The molecule has 1 fully saturated rings. The van der Waals surface area contributed by atoms with Crippen LogP contribution in [0.3, 0.4) is 0 Å². The van der Waals surface area contributed by atoms with Crippen LogP contribution in [-0.2, 0) is 16.6 Å². The first-order valence-electron chi connectivity index (χ1n) is 8.81. The van der Waals surface area contributed by atoms with Crippen LogP contribution >= 0.6 is 0 Å². The van der Waals surface area contributed by atoms with E-state index < -0.39 is 14.9 Å². The second-order valence-corrected chi connectivity index (χ2v) is 8.67. The van der Waals surface area contributed by atoms with E-state index in [9.17, 15) is 18.5 Å². The van der Waals surface area contributed by atoms with E-state index in [0.717, 1.165) is 6.54 Å². The van der Waals surface area contributed by atoms with Crippen LogP contribution in [-0.4, -0.2) is 48.7 Å². The molecule has 27 heavy (non-hydrogen) atoms. The lowest BCUT2D eigenvalue weighted by molar-refractivity contribution is -0.385. The van der Waals surface area contributed by atoms with Crippen LogP contribution in [0.25, 0.3) is 0 Å². The van der Waals surface area contributed by atoms with Crippen molar-refractivity contribution in [3.63, 3.8) is 0 Å². The second-order valence-electron chi connectivity index (χ2n) is 6.76. The molecule has 0 aliphatic carbocycles. The van der Waals surface area contributed by atoms with E-state index in [1.165, 1.54) is 40.6 Å². The molecule has 0 bridgehead atoms. The first-order chi connectivity index (χ1) is 12.8. The summed E-state index contributed by atoms with van der Waals surface area (Å²) >= 11 is 0. The zero-order chi connectivity index (χ0) is 19.6. The van der Waals surface area contributed by atoms with Crippen LogP contribution in [0.15, 0.2) is 47.4 Å². The topological polar surface area (TPSA) is 83.8 Å². The van der Waals surface area contributed by atoms with Gasteiger partial charge in [-0.3, -0.25) is 15.0 Å². The van der Waals surface area contributed by atoms with E-state index in [-0.39, 0.29) is 16.1 Å². The predicted molar refractivity (Wildman–Crippen MR) is 103 cm³/mol. The van der Waals surface area contributed by atoms with Crippen molar-refractivity contribution < 1.29 is 13.3 Å². The van der Waals surface area contributed by atoms with Crippen molar-refractivity contribution in [3.05, 3.63) is 69.3 Å². The largest absolute Gasteiger partial charge is 0.296 e. The third-order valence-electron chi connectivity index (χ3n) is 5.06. The summed E-state index contributed by atoms with van der Waals surface area (Å²) in [4.78, 5) is 12.8. The van der Waals surface area contributed by atoms with Crippen molar-refractivity contribution in [1.29, 1.82) is 0 Å². The van der Waals surface area contributed by atoms with Gasteiger partial charge in [0.1, 0.15) is 0 Å². The Balaban J connectivity index is 1.73. The molecule has 0 atom stereocenters. The Morgan fingerprint density at radius 3 is 2.30 bits per heavy atom. The highest BCUT2D eigenvalue weighted by atomic mass is 32.2. The van der Waals surface area contributed by atoms with Crippen LogP contribution in [0.5, 0.6) is 0 Å². The van der Waals surface area contributed by atoms with E-state index in [1.54, 1.807) is 0 Å². The average molecular weight is 389 g/mol. The molecule has 0 N–H and O–H groups in total. The molecule has 0 spiro atoms. The number of aryl methyl sites for hydroxylation is 1. The maximum Gasteiger partial charge on any atom is 0.273 e. The monoisotopic (exact) mass is 389 g/mol. The number of hydrogen-bond acceptors (Lipinski definition) is 5. The van der Waals surface area contributed by atoms with E-state index in [2.05, 4.69) is 24.0 Å². The Morgan fingerprint density at radius 2 is 1.67 bits per heavy atom. The van der Waals surface area contributed by atoms with Crippen LogP contribution < -0.4 is 0 Å². The summed E-state index contributed by atoms with van der Waals surface area (Å²) in [6.07, 6.45) is 0. The lowest BCUT2D eigenvalue weighted by Gasteiger charge is -2.34. The molecule has 1 aliphatic heterocycles. The lowest BCUT2D eigenvalue weighted by Crippen LogP contribution is -2.48. The van der Waals surface area contributed by atoms with Gasteiger partial charge in [0.05, 0.1) is 9.82 Å². The summed E-state index contributed by atoms with van der Waals surface area (Å²) in [5.74, 6) is 0. The van der Waals surface area contributed by atoms with Crippen LogP contribution in [0, 0.1) is 24.0 Å². The zero-order valence-electron chi connectivity index (χ0n) is 15.5. The van der Waals surface area contributed by atoms with Crippen molar-refractivity contribution in [2.45, 2.75) is 25.3 Å². The van der Waals surface area contributed by atoms with Gasteiger partial charge in [-0.15, -0.1) is 0 Å². The molecule has 1 aliphatic rings. The Kier molecular flexibility index (Phi) is 5.59. The number of rotatable bonds is 5. The highest BCUT2D eigenvalue weighted by molar-refractivity contribution is 7.89. The van der Waals surface area contributed by atoms with Crippen molar-refractivity contribution in [2.75, 3.05) is 26.2 Å². The van der Waals surface area contributed by atoms with Crippen LogP contribution in [0.4, 0.5) is 5.69 Å². The fraction of sp³-hybridized carbons (Fsp3) is 0.368. The molecule has 144 valence electrons. The number of sulfonamides is 1. The average Bonchev–Trinajstić information content (AvgIpc) is 2.64. The van der Waals surface area contributed by atoms with Gasteiger partial charge in [0.25, 0.3) is 5.69 Å². The van der Waals surface area contributed by atoms with Crippen LogP contribution in [0.2, 0.25) is 0 Å². The van der Waals surface area contributed by atoms with Gasteiger partial charge in [-0.05, 0) is 31.0 Å². The number of nitro benzene ring substituents is 1. The summed E-state index contributed by atoms with van der Waals surface area (Å²) in [6.45, 7) is 6.34. The molecule has 3 rings (SSSR count). The Bertz CT molecular complexity index is 951. The van der Waals surface area contributed by atoms with Gasteiger partial charge in [-0.2, -0.15) is 4.31 Å². The summed E-state index contributed by atoms with van der Waals surface area (Å²) in [5.41, 5.74) is 2.47. The third kappa shape index (κ3) is 4.02. The first-order valence-corrected chi connectivity index (χ1v) is 10.3. The number of nitrogens with zero attached hydrogens (tertiary/aromatic N) is 3. The molecule has 8 heteroatoms. The smallest absolute Gasteiger partial charge is 0.273 e. The molecule has 2 aromatic rings. The molecule has 0 unspecified atom stereocenters. The van der Waals surface area contributed by atoms with Crippen molar-refractivity contribution in [3.8, 4) is 0 Å². The predicted octanol–water partition coefficient (Wildman–Crippen LogP) is 2.72. The first kappa shape index (κ1) is 19.5. The molecule has 1 saturated heterocycles. The van der Waals surface area contributed by atoms with E-state index >= 15 is 0 Å². The van der Waals surface area contributed by atoms with Gasteiger partial charge in [0.2, 0.25) is 10.0 Å². The quantitative estimate of drug-likeness (QED) is 0.580. The SMILES string of the molecule is Cc1ccccc1CN1CCN(S(=O)(=O)c2cccc([N+](=O)[O-])c2C)CC1. The Hall–Kier alpha value is -2.29. The van der Waals surface area contributed by atoms with Gasteiger partial charge < -0.3 is 0 Å². The number of hydrogen-bond donors (Lipinski definition) is 0. The molecule has 7 nitrogen and oxygen atoms in total. The summed E-state index contributed by atoms with van der Waals surface area (Å²) in [7, 11) is -3.75. The number of piperazine rings is 1. The highest BCUT2D eigenvalue weighted by Crippen LogP contribution is 2.28. The summed E-state index contributed by atoms with van der Waals surface area (Å²) < 4.78 is 27.4. The molecule has 0 amide bonds. The Labute approximate surface area is 159 Å². The minimum Gasteiger partial charge on any atom is -0.296 e. The second kappa shape index (κ2) is 7.75. The molecule has 0 aromatic heterocycles. The van der Waals surface area contributed by atoms with Gasteiger partial charge >= 0.3 is 0 Å². The third-order valence-corrected chi connectivity index (χ3v) is 7.10. The molecule has 0 radical (unpaired) electrons. The van der Waals surface area contributed by atoms with Gasteiger partial charge in [0.15, 0.2) is 0 Å². The summed E-state index contributed by atoms with van der Waals surface area (Å²) in [5, 5.41) is 11.1. The number of nitro groups is 1. The van der Waals surface area contributed by atoms with Crippen molar-refractivity contribution in [2.24, 2.45) is 0 Å². The molecule has 0 saturated carbocycles. The number of benzene rings is 2. The van der Waals surface area contributed by atoms with Gasteiger partial charge in [0, 0.05) is 44.4 Å². The van der Waals surface area contributed by atoms with Crippen molar-refractivity contribution >= 4 is 15.7 Å².